The number of aromatic nitrogens is 1. The lowest BCUT2D eigenvalue weighted by Gasteiger charge is -2.17. The van der Waals surface area contributed by atoms with Crippen molar-refractivity contribution in [3.63, 3.8) is 0 Å². The molecule has 1 heterocycles. The highest BCUT2D eigenvalue weighted by Crippen LogP contribution is 2.23. The van der Waals surface area contributed by atoms with Gasteiger partial charge in [-0.2, -0.15) is 0 Å². The molecule has 2 aromatic carbocycles. The van der Waals surface area contributed by atoms with Crippen LogP contribution < -0.4 is 5.43 Å². The molecular formula is C18H14Cl2N2O2. The Morgan fingerprint density at radius 3 is 2.62 bits per heavy atom. The number of carbonyl (C=O) groups excluding carboxylic acids is 1. The molecule has 1 amide bonds. The summed E-state index contributed by atoms with van der Waals surface area (Å²) in [4.78, 5) is 29.6. The van der Waals surface area contributed by atoms with E-state index in [1.54, 1.807) is 43.4 Å². The summed E-state index contributed by atoms with van der Waals surface area (Å²) in [6, 6.07) is 12.3. The van der Waals surface area contributed by atoms with Gasteiger partial charge in [0.05, 0.1) is 10.0 Å². The Morgan fingerprint density at radius 2 is 1.88 bits per heavy atom. The van der Waals surface area contributed by atoms with Crippen LogP contribution in [0.2, 0.25) is 10.0 Å². The van der Waals surface area contributed by atoms with E-state index in [-0.39, 0.29) is 16.9 Å². The van der Waals surface area contributed by atoms with Crippen molar-refractivity contribution in [3.8, 4) is 0 Å². The summed E-state index contributed by atoms with van der Waals surface area (Å²) in [5.74, 6) is -0.354. The average Bonchev–Trinajstić information content (AvgIpc) is 2.58. The van der Waals surface area contributed by atoms with Gasteiger partial charge in [0.25, 0.3) is 5.91 Å². The first kappa shape index (κ1) is 16.6. The third kappa shape index (κ3) is 3.16. The number of para-hydroxylation sites is 1. The zero-order valence-electron chi connectivity index (χ0n) is 12.8. The minimum absolute atomic E-state index is 0.108. The lowest BCUT2D eigenvalue weighted by atomic mass is 10.1. The lowest BCUT2D eigenvalue weighted by Crippen LogP contribution is -2.30. The Morgan fingerprint density at radius 1 is 1.12 bits per heavy atom. The molecule has 0 aliphatic carbocycles. The van der Waals surface area contributed by atoms with Crippen molar-refractivity contribution in [3.05, 3.63) is 80.1 Å². The van der Waals surface area contributed by atoms with Crippen LogP contribution >= 0.6 is 23.2 Å². The summed E-state index contributed by atoms with van der Waals surface area (Å²) < 4.78 is 0. The number of nitrogens with zero attached hydrogens (tertiary/aromatic N) is 1. The van der Waals surface area contributed by atoms with Crippen LogP contribution in [0.4, 0.5) is 0 Å². The molecule has 1 aromatic heterocycles. The molecule has 6 heteroatoms. The van der Waals surface area contributed by atoms with Gasteiger partial charge in [0, 0.05) is 30.7 Å². The second-order valence-electron chi connectivity index (χ2n) is 5.49. The van der Waals surface area contributed by atoms with Crippen LogP contribution in [0.3, 0.4) is 0 Å². The van der Waals surface area contributed by atoms with Gasteiger partial charge in [-0.1, -0.05) is 41.4 Å². The van der Waals surface area contributed by atoms with Gasteiger partial charge in [0.2, 0.25) is 5.43 Å². The SMILES string of the molecule is CN(Cc1ccc(Cl)c(Cl)c1)C(=O)c1c[nH]c2ccccc2c1=O. The van der Waals surface area contributed by atoms with Gasteiger partial charge in [-0.3, -0.25) is 9.59 Å². The average molecular weight is 361 g/mol. The summed E-state index contributed by atoms with van der Waals surface area (Å²) in [5, 5.41) is 1.38. The summed E-state index contributed by atoms with van der Waals surface area (Å²) in [5.41, 5.74) is 1.36. The summed E-state index contributed by atoms with van der Waals surface area (Å²) >= 11 is 11.9. The van der Waals surface area contributed by atoms with E-state index in [9.17, 15) is 9.59 Å². The first-order valence-corrected chi connectivity index (χ1v) is 8.03. The fourth-order valence-corrected chi connectivity index (χ4v) is 2.84. The molecule has 0 spiro atoms. The van der Waals surface area contributed by atoms with Crippen molar-refractivity contribution in [2.45, 2.75) is 6.54 Å². The fourth-order valence-electron chi connectivity index (χ4n) is 2.52. The molecular weight excluding hydrogens is 347 g/mol. The Hall–Kier alpha value is -2.30. The van der Waals surface area contributed by atoms with Gasteiger partial charge in [0.1, 0.15) is 5.56 Å². The van der Waals surface area contributed by atoms with Crippen molar-refractivity contribution in [1.82, 2.24) is 9.88 Å². The number of fused-ring (bicyclic) bond motifs is 1. The van der Waals surface area contributed by atoms with Crippen LogP contribution in [0.5, 0.6) is 0 Å². The number of pyridine rings is 1. The zero-order valence-corrected chi connectivity index (χ0v) is 14.4. The predicted molar refractivity (Wildman–Crippen MR) is 96.8 cm³/mol. The highest BCUT2D eigenvalue weighted by Gasteiger charge is 2.17. The predicted octanol–water partition coefficient (Wildman–Crippen LogP) is 4.11. The lowest BCUT2D eigenvalue weighted by molar-refractivity contribution is 0.0783. The molecule has 0 aliphatic heterocycles. The minimum atomic E-state index is -0.354. The first-order valence-electron chi connectivity index (χ1n) is 7.27. The molecule has 4 nitrogen and oxygen atoms in total. The maximum Gasteiger partial charge on any atom is 0.259 e. The molecule has 0 aliphatic rings. The number of amides is 1. The summed E-state index contributed by atoms with van der Waals surface area (Å²) in [6.45, 7) is 0.321. The van der Waals surface area contributed by atoms with Crippen LogP contribution in [-0.4, -0.2) is 22.8 Å². The van der Waals surface area contributed by atoms with Gasteiger partial charge >= 0.3 is 0 Å². The van der Waals surface area contributed by atoms with Crippen LogP contribution in [0, 0.1) is 0 Å². The smallest absolute Gasteiger partial charge is 0.259 e. The van der Waals surface area contributed by atoms with Crippen molar-refractivity contribution in [2.75, 3.05) is 7.05 Å². The molecule has 3 aromatic rings. The van der Waals surface area contributed by atoms with Crippen molar-refractivity contribution in [2.24, 2.45) is 0 Å². The maximum absolute atomic E-state index is 12.6. The van der Waals surface area contributed by atoms with Crippen LogP contribution in [0.25, 0.3) is 10.9 Å². The highest BCUT2D eigenvalue weighted by molar-refractivity contribution is 6.42. The third-order valence-corrected chi connectivity index (χ3v) is 4.51. The van der Waals surface area contributed by atoms with Gasteiger partial charge in [-0.25, -0.2) is 0 Å². The van der Waals surface area contributed by atoms with E-state index < -0.39 is 0 Å². The first-order chi connectivity index (χ1) is 11.5. The molecule has 0 atom stereocenters. The number of carbonyl (C=O) groups is 1. The molecule has 3 rings (SSSR count). The summed E-state index contributed by atoms with van der Waals surface area (Å²) in [6.07, 6.45) is 1.46. The molecule has 0 saturated heterocycles. The van der Waals surface area contributed by atoms with Crippen LogP contribution in [0.15, 0.2) is 53.5 Å². The number of halogens is 2. The van der Waals surface area contributed by atoms with E-state index in [2.05, 4.69) is 4.98 Å². The topological polar surface area (TPSA) is 53.2 Å². The fraction of sp³-hybridized carbons (Fsp3) is 0.111. The van der Waals surface area contributed by atoms with Gasteiger partial charge in [0.15, 0.2) is 0 Å². The minimum Gasteiger partial charge on any atom is -0.360 e. The second kappa shape index (κ2) is 6.67. The molecule has 0 saturated carbocycles. The maximum atomic E-state index is 12.6. The number of rotatable bonds is 3. The normalized spacial score (nSPS) is 10.8. The number of H-pyrrole nitrogens is 1. The molecule has 0 unspecified atom stereocenters. The number of aromatic amines is 1. The molecule has 24 heavy (non-hydrogen) atoms. The molecule has 122 valence electrons. The number of benzene rings is 2. The van der Waals surface area contributed by atoms with Crippen LogP contribution in [0.1, 0.15) is 15.9 Å². The quantitative estimate of drug-likeness (QED) is 0.763. The van der Waals surface area contributed by atoms with E-state index in [1.807, 2.05) is 6.07 Å². The Kier molecular flexibility index (Phi) is 4.60. The Bertz CT molecular complexity index is 982. The largest absolute Gasteiger partial charge is 0.360 e. The molecule has 0 fully saturated rings. The van der Waals surface area contributed by atoms with Crippen molar-refractivity contribution < 1.29 is 4.79 Å². The molecule has 0 bridgehead atoms. The Labute approximate surface area is 148 Å². The number of nitrogens with one attached hydrogen (secondary N) is 1. The van der Waals surface area contributed by atoms with E-state index in [0.29, 0.717) is 27.5 Å². The standard InChI is InChI=1S/C18H14Cl2N2O2/c1-22(10-11-6-7-14(19)15(20)8-11)18(24)13-9-21-16-5-3-2-4-12(16)17(13)23/h2-9H,10H2,1H3,(H,21,23). The van der Waals surface area contributed by atoms with Crippen LogP contribution in [-0.2, 0) is 6.54 Å². The number of hydrogen-bond donors (Lipinski definition) is 1. The van der Waals surface area contributed by atoms with E-state index in [1.165, 1.54) is 11.1 Å². The van der Waals surface area contributed by atoms with Gasteiger partial charge < -0.3 is 9.88 Å². The van der Waals surface area contributed by atoms with Crippen molar-refractivity contribution in [1.29, 1.82) is 0 Å². The van der Waals surface area contributed by atoms with Gasteiger partial charge in [-0.05, 0) is 29.8 Å². The third-order valence-electron chi connectivity index (χ3n) is 3.77. The van der Waals surface area contributed by atoms with E-state index >= 15 is 0 Å². The molecule has 1 N–H and O–H groups in total. The van der Waals surface area contributed by atoms with E-state index in [0.717, 1.165) is 5.56 Å². The monoisotopic (exact) mass is 360 g/mol. The molecule has 0 radical (unpaired) electrons. The summed E-state index contributed by atoms with van der Waals surface area (Å²) in [7, 11) is 1.64. The highest BCUT2D eigenvalue weighted by atomic mass is 35.5. The second-order valence-corrected chi connectivity index (χ2v) is 6.30. The number of hydrogen-bond acceptors (Lipinski definition) is 2. The van der Waals surface area contributed by atoms with E-state index in [4.69, 9.17) is 23.2 Å². The van der Waals surface area contributed by atoms with Gasteiger partial charge in [-0.15, -0.1) is 0 Å². The van der Waals surface area contributed by atoms with Crippen molar-refractivity contribution >= 4 is 40.0 Å². The Balaban J connectivity index is 1.89. The zero-order chi connectivity index (χ0) is 17.3.